The number of likely N-dealkylation sites (tertiary alicyclic amines) is 1. The van der Waals surface area contributed by atoms with E-state index >= 15 is 0 Å². The number of nitrogens with zero attached hydrogens (tertiary/aromatic N) is 2. The highest BCUT2D eigenvalue weighted by Gasteiger charge is 2.46. The van der Waals surface area contributed by atoms with Crippen molar-refractivity contribution in [2.75, 3.05) is 14.1 Å². The van der Waals surface area contributed by atoms with Crippen molar-refractivity contribution in [3.63, 3.8) is 0 Å². The first-order valence-corrected chi connectivity index (χ1v) is 5.94. The van der Waals surface area contributed by atoms with Crippen LogP contribution in [0, 0.1) is 11.8 Å². The Morgan fingerprint density at radius 2 is 2.20 bits per heavy atom. The van der Waals surface area contributed by atoms with Crippen LogP contribution in [0.4, 0.5) is 0 Å². The molecule has 1 saturated carbocycles. The van der Waals surface area contributed by atoms with Crippen molar-refractivity contribution in [1.82, 2.24) is 4.90 Å². The highest BCUT2D eigenvalue weighted by Crippen LogP contribution is 2.51. The van der Waals surface area contributed by atoms with Gasteiger partial charge in [0, 0.05) is 26.6 Å². The molecular formula is C12H21BN2. The summed E-state index contributed by atoms with van der Waals surface area (Å²) < 4.78 is 0. The summed E-state index contributed by atoms with van der Waals surface area (Å²) in [6, 6.07) is 0.676. The van der Waals surface area contributed by atoms with Gasteiger partial charge in [0.25, 0.3) is 0 Å². The number of amidine groups is 1. The molecule has 1 aliphatic carbocycles. The molecule has 2 aliphatic rings. The Morgan fingerprint density at radius 1 is 1.53 bits per heavy atom. The Labute approximate surface area is 94.5 Å². The van der Waals surface area contributed by atoms with Gasteiger partial charge in [-0.25, -0.2) is 0 Å². The monoisotopic (exact) mass is 204 g/mol. The maximum atomic E-state index is 6.35. The molecule has 2 nitrogen and oxygen atoms in total. The lowest BCUT2D eigenvalue weighted by atomic mass is 9.52. The van der Waals surface area contributed by atoms with Crippen molar-refractivity contribution in [1.29, 1.82) is 0 Å². The average Bonchev–Trinajstić information content (AvgIpc) is 2.50. The molecule has 1 heterocycles. The van der Waals surface area contributed by atoms with E-state index in [2.05, 4.69) is 30.8 Å². The van der Waals surface area contributed by atoms with Crippen LogP contribution in [-0.4, -0.2) is 38.7 Å². The van der Waals surface area contributed by atoms with Gasteiger partial charge in [-0.1, -0.05) is 25.6 Å². The number of hydrogen-bond donors (Lipinski definition) is 0. The molecule has 82 valence electrons. The molecule has 0 bridgehead atoms. The van der Waals surface area contributed by atoms with Gasteiger partial charge in [0.1, 0.15) is 0 Å². The van der Waals surface area contributed by atoms with Crippen LogP contribution < -0.4 is 0 Å². The van der Waals surface area contributed by atoms with Gasteiger partial charge in [-0.15, -0.1) is 0 Å². The van der Waals surface area contributed by atoms with E-state index in [9.17, 15) is 0 Å². The van der Waals surface area contributed by atoms with Crippen LogP contribution in [0.1, 0.15) is 33.1 Å². The van der Waals surface area contributed by atoms with Crippen LogP contribution in [0.3, 0.4) is 0 Å². The Bertz CT molecular complexity index is 285. The molecule has 1 saturated heterocycles. The molecule has 2 rings (SSSR count). The lowest BCUT2D eigenvalue weighted by molar-refractivity contribution is 0.139. The topological polar surface area (TPSA) is 15.6 Å². The predicted octanol–water partition coefficient (Wildman–Crippen LogP) is 2.11. The highest BCUT2D eigenvalue weighted by atomic mass is 15.2. The molecule has 0 aromatic carbocycles. The summed E-state index contributed by atoms with van der Waals surface area (Å²) in [6.07, 6.45) is 3.47. The van der Waals surface area contributed by atoms with E-state index in [1.54, 1.807) is 0 Å². The molecule has 0 spiro atoms. The van der Waals surface area contributed by atoms with Crippen LogP contribution in [0.15, 0.2) is 4.99 Å². The van der Waals surface area contributed by atoms with Gasteiger partial charge in [-0.3, -0.25) is 4.99 Å². The molecule has 0 N–H and O–H groups in total. The number of aliphatic imine (C=N–C) groups is 1. The van der Waals surface area contributed by atoms with Crippen LogP contribution in [0.25, 0.3) is 0 Å². The fourth-order valence-corrected chi connectivity index (χ4v) is 3.31. The smallest absolute Gasteiger partial charge is 0.0989 e. The summed E-state index contributed by atoms with van der Waals surface area (Å²) in [5.74, 6) is 2.56. The summed E-state index contributed by atoms with van der Waals surface area (Å²) >= 11 is 0. The van der Waals surface area contributed by atoms with Crippen LogP contribution >= 0.6 is 0 Å². The van der Waals surface area contributed by atoms with Crippen LogP contribution in [0.5, 0.6) is 0 Å². The normalized spacial score (nSPS) is 48.4. The molecule has 4 atom stereocenters. The predicted molar refractivity (Wildman–Crippen MR) is 65.5 cm³/mol. The molecule has 0 amide bonds. The average molecular weight is 204 g/mol. The Hall–Kier alpha value is -0.465. The van der Waals surface area contributed by atoms with Crippen molar-refractivity contribution >= 4 is 13.7 Å². The molecule has 3 heteroatoms. The maximum absolute atomic E-state index is 6.35. The summed E-state index contributed by atoms with van der Waals surface area (Å²) in [4.78, 5) is 6.75. The van der Waals surface area contributed by atoms with Gasteiger partial charge in [-0.05, 0) is 18.3 Å². The molecule has 2 radical (unpaired) electrons. The summed E-state index contributed by atoms with van der Waals surface area (Å²) in [7, 11) is 10.4. The quantitative estimate of drug-likeness (QED) is 0.552. The van der Waals surface area contributed by atoms with E-state index in [1.807, 2.05) is 7.05 Å². The van der Waals surface area contributed by atoms with Crippen molar-refractivity contribution in [3.05, 3.63) is 0 Å². The second-order valence-electron chi connectivity index (χ2n) is 5.52. The van der Waals surface area contributed by atoms with Crippen molar-refractivity contribution in [2.24, 2.45) is 16.8 Å². The van der Waals surface area contributed by atoms with Crippen molar-refractivity contribution < 1.29 is 0 Å². The first-order chi connectivity index (χ1) is 6.97. The highest BCUT2D eigenvalue weighted by molar-refractivity contribution is 6.15. The van der Waals surface area contributed by atoms with E-state index in [4.69, 9.17) is 7.85 Å². The summed E-state index contributed by atoms with van der Waals surface area (Å²) in [5, 5.41) is 0.0190. The fourth-order valence-electron chi connectivity index (χ4n) is 3.31. The Balaban J connectivity index is 2.23. The minimum atomic E-state index is 0.0190. The lowest BCUT2D eigenvalue weighted by Gasteiger charge is -2.45. The minimum absolute atomic E-state index is 0.0190. The second kappa shape index (κ2) is 3.53. The van der Waals surface area contributed by atoms with E-state index in [0.29, 0.717) is 17.9 Å². The third kappa shape index (κ3) is 1.60. The third-order valence-corrected chi connectivity index (χ3v) is 4.74. The molecule has 1 aliphatic heterocycles. The SMILES string of the molecule is [B]C1(C)CCC2C(CC(=NC)N2C)C1C. The molecule has 2 fully saturated rings. The molecule has 0 aromatic rings. The summed E-state index contributed by atoms with van der Waals surface area (Å²) in [5.41, 5.74) is 0. The maximum Gasteiger partial charge on any atom is 0.0989 e. The molecule has 0 aromatic heterocycles. The molecule has 15 heavy (non-hydrogen) atoms. The van der Waals surface area contributed by atoms with Crippen molar-refractivity contribution in [2.45, 2.75) is 44.5 Å². The first-order valence-electron chi connectivity index (χ1n) is 5.94. The number of hydrogen-bond acceptors (Lipinski definition) is 1. The zero-order valence-electron chi connectivity index (χ0n) is 10.3. The van der Waals surface area contributed by atoms with Gasteiger partial charge in [0.2, 0.25) is 0 Å². The van der Waals surface area contributed by atoms with E-state index < -0.39 is 0 Å². The second-order valence-corrected chi connectivity index (χ2v) is 5.52. The third-order valence-electron chi connectivity index (χ3n) is 4.74. The molecule has 4 unspecified atom stereocenters. The zero-order valence-corrected chi connectivity index (χ0v) is 10.3. The van der Waals surface area contributed by atoms with Crippen LogP contribution in [0.2, 0.25) is 5.31 Å². The number of fused-ring (bicyclic) bond motifs is 1. The van der Waals surface area contributed by atoms with E-state index in [0.717, 1.165) is 12.8 Å². The summed E-state index contributed by atoms with van der Waals surface area (Å²) in [6.45, 7) is 4.51. The Kier molecular flexibility index (Phi) is 2.60. The van der Waals surface area contributed by atoms with Gasteiger partial charge >= 0.3 is 0 Å². The Morgan fingerprint density at radius 3 is 2.80 bits per heavy atom. The minimum Gasteiger partial charge on any atom is -0.360 e. The van der Waals surface area contributed by atoms with Gasteiger partial charge in [0.05, 0.1) is 13.7 Å². The van der Waals surface area contributed by atoms with Crippen LogP contribution in [-0.2, 0) is 0 Å². The van der Waals surface area contributed by atoms with Crippen molar-refractivity contribution in [3.8, 4) is 0 Å². The largest absolute Gasteiger partial charge is 0.360 e. The van der Waals surface area contributed by atoms with Gasteiger partial charge in [0.15, 0.2) is 0 Å². The van der Waals surface area contributed by atoms with E-state index in [-0.39, 0.29) is 5.31 Å². The van der Waals surface area contributed by atoms with Gasteiger partial charge < -0.3 is 4.90 Å². The van der Waals surface area contributed by atoms with Gasteiger partial charge in [-0.2, -0.15) is 0 Å². The van der Waals surface area contributed by atoms with E-state index in [1.165, 1.54) is 12.3 Å². The fraction of sp³-hybridized carbons (Fsp3) is 0.917. The lowest BCUT2D eigenvalue weighted by Crippen LogP contribution is -2.41. The first kappa shape index (κ1) is 11.0. The number of rotatable bonds is 0. The zero-order chi connectivity index (χ0) is 11.2. The standard InChI is InChI=1S/C12H21BN2/c1-8-9-7-11(14-3)15(4)10(9)5-6-12(8,2)13/h8-10H,5-7H2,1-4H3. The molecular weight excluding hydrogens is 183 g/mol.